The number of nitrogens with one attached hydrogen (secondary N) is 1. The highest BCUT2D eigenvalue weighted by molar-refractivity contribution is 5.96. The van der Waals surface area contributed by atoms with E-state index >= 15 is 0 Å². The van der Waals surface area contributed by atoms with Gasteiger partial charge in [-0.05, 0) is 49.9 Å². The van der Waals surface area contributed by atoms with Crippen LogP contribution in [0.3, 0.4) is 0 Å². The minimum absolute atomic E-state index is 0.0143. The molecule has 0 spiro atoms. The molecule has 3 aromatic rings. The van der Waals surface area contributed by atoms with Crippen LogP contribution < -0.4 is 21.9 Å². The molecule has 0 fully saturated rings. The molecule has 1 aliphatic rings. The van der Waals surface area contributed by atoms with Crippen LogP contribution in [-0.2, 0) is 17.8 Å². The van der Waals surface area contributed by atoms with Crippen LogP contribution in [0, 0.1) is 0 Å². The molecular formula is C26H31N5O3. The molecule has 2 aromatic carbocycles. The van der Waals surface area contributed by atoms with Crippen LogP contribution in [0.5, 0.6) is 0 Å². The van der Waals surface area contributed by atoms with E-state index in [-0.39, 0.29) is 43.1 Å². The number of hydrogen-bond donors (Lipinski definition) is 2. The lowest BCUT2D eigenvalue weighted by Crippen LogP contribution is -2.45. The van der Waals surface area contributed by atoms with E-state index in [9.17, 15) is 14.4 Å². The standard InChI is InChI=1S/C26H31N5O3/c1-3-30(22(32)17-29(2)21-15-9-13-19-12-7-8-14-20(19)21)23-24(27)31(26(34)28-25(23)33)16-18-10-5-4-6-11-18/h4-8,10-12,14,21H,3,9,13,15-17,27H2,1-2H3,(H,28,33,34). The fraction of sp³-hybridized carbons (Fsp3) is 0.346. The van der Waals surface area contributed by atoms with Gasteiger partial charge in [-0.2, -0.15) is 0 Å². The van der Waals surface area contributed by atoms with Crippen molar-refractivity contribution in [2.24, 2.45) is 0 Å². The molecule has 0 saturated heterocycles. The monoisotopic (exact) mass is 461 g/mol. The van der Waals surface area contributed by atoms with Gasteiger partial charge in [0.2, 0.25) is 5.91 Å². The largest absolute Gasteiger partial charge is 0.383 e. The van der Waals surface area contributed by atoms with E-state index in [0.717, 1.165) is 24.8 Å². The smallest absolute Gasteiger partial charge is 0.330 e. The van der Waals surface area contributed by atoms with Crippen LogP contribution >= 0.6 is 0 Å². The van der Waals surface area contributed by atoms with Crippen molar-refractivity contribution in [1.82, 2.24) is 14.5 Å². The van der Waals surface area contributed by atoms with E-state index < -0.39 is 11.2 Å². The summed E-state index contributed by atoms with van der Waals surface area (Å²) in [4.78, 5) is 44.4. The fourth-order valence-corrected chi connectivity index (χ4v) is 4.82. The second kappa shape index (κ2) is 10.1. The van der Waals surface area contributed by atoms with Crippen LogP contribution in [0.1, 0.15) is 42.5 Å². The molecule has 1 atom stereocenters. The number of anilines is 2. The lowest BCUT2D eigenvalue weighted by molar-refractivity contribution is -0.120. The van der Waals surface area contributed by atoms with Gasteiger partial charge in [0.25, 0.3) is 5.56 Å². The SMILES string of the molecule is CCN(C(=O)CN(C)C1CCCc2ccccc21)c1c(N)n(Cc2ccccc2)c(=O)[nH]c1=O. The average Bonchev–Trinajstić information content (AvgIpc) is 2.84. The van der Waals surface area contributed by atoms with E-state index in [0.29, 0.717) is 0 Å². The van der Waals surface area contributed by atoms with Crippen LogP contribution in [0.4, 0.5) is 11.5 Å². The molecule has 1 amide bonds. The number of carbonyl (C=O) groups is 1. The molecule has 1 aromatic heterocycles. The van der Waals surface area contributed by atoms with Gasteiger partial charge >= 0.3 is 5.69 Å². The summed E-state index contributed by atoms with van der Waals surface area (Å²) in [5.74, 6) is -0.256. The molecule has 178 valence electrons. The first kappa shape index (κ1) is 23.5. The van der Waals surface area contributed by atoms with Crippen molar-refractivity contribution in [3.8, 4) is 0 Å². The molecule has 3 N–H and O–H groups in total. The molecule has 0 aliphatic heterocycles. The summed E-state index contributed by atoms with van der Waals surface area (Å²) in [7, 11) is 1.93. The van der Waals surface area contributed by atoms with Crippen LogP contribution in [0.2, 0.25) is 0 Å². The summed E-state index contributed by atoms with van der Waals surface area (Å²) in [6, 6.07) is 17.8. The van der Waals surface area contributed by atoms with Gasteiger partial charge in [0.15, 0.2) is 5.69 Å². The first-order valence-electron chi connectivity index (χ1n) is 11.7. The molecular weight excluding hydrogens is 430 g/mol. The van der Waals surface area contributed by atoms with Crippen molar-refractivity contribution in [2.45, 2.75) is 38.8 Å². The number of rotatable bonds is 7. The van der Waals surface area contributed by atoms with Gasteiger partial charge in [-0.3, -0.25) is 24.0 Å². The summed E-state index contributed by atoms with van der Waals surface area (Å²) in [5, 5.41) is 0. The van der Waals surface area contributed by atoms with E-state index in [4.69, 9.17) is 5.73 Å². The molecule has 34 heavy (non-hydrogen) atoms. The number of carbonyl (C=O) groups excluding carboxylic acids is 1. The Morgan fingerprint density at radius 2 is 1.82 bits per heavy atom. The normalized spacial score (nSPS) is 15.2. The maximum atomic E-state index is 13.4. The molecule has 0 saturated carbocycles. The number of aryl methyl sites for hydroxylation is 1. The third kappa shape index (κ3) is 4.68. The Bertz CT molecular complexity index is 1280. The van der Waals surface area contributed by atoms with Crippen molar-refractivity contribution in [2.75, 3.05) is 30.8 Å². The van der Waals surface area contributed by atoms with Crippen molar-refractivity contribution in [3.63, 3.8) is 0 Å². The summed E-state index contributed by atoms with van der Waals surface area (Å²) in [6.07, 6.45) is 3.08. The first-order valence-corrected chi connectivity index (χ1v) is 11.7. The van der Waals surface area contributed by atoms with Gasteiger partial charge in [0.1, 0.15) is 5.82 Å². The summed E-state index contributed by atoms with van der Waals surface area (Å²) >= 11 is 0. The average molecular weight is 462 g/mol. The first-order chi connectivity index (χ1) is 16.4. The number of likely N-dealkylation sites (N-methyl/N-ethyl adjacent to an activating group) is 2. The van der Waals surface area contributed by atoms with Crippen LogP contribution in [-0.4, -0.2) is 40.5 Å². The predicted molar refractivity (Wildman–Crippen MR) is 134 cm³/mol. The third-order valence-corrected chi connectivity index (χ3v) is 6.54. The van der Waals surface area contributed by atoms with Crippen LogP contribution in [0.15, 0.2) is 64.2 Å². The highest BCUT2D eigenvalue weighted by atomic mass is 16.2. The molecule has 8 nitrogen and oxygen atoms in total. The van der Waals surface area contributed by atoms with Crippen molar-refractivity contribution < 1.29 is 4.79 Å². The Balaban J connectivity index is 1.61. The van der Waals surface area contributed by atoms with Crippen molar-refractivity contribution in [1.29, 1.82) is 0 Å². The Hall–Kier alpha value is -3.65. The fourth-order valence-electron chi connectivity index (χ4n) is 4.82. The number of nitrogens with two attached hydrogens (primary N) is 1. The molecule has 0 radical (unpaired) electrons. The summed E-state index contributed by atoms with van der Waals surface area (Å²) in [5.41, 5.74) is 8.50. The maximum Gasteiger partial charge on any atom is 0.330 e. The van der Waals surface area contributed by atoms with E-state index in [1.54, 1.807) is 6.92 Å². The molecule has 1 heterocycles. The molecule has 0 bridgehead atoms. The van der Waals surface area contributed by atoms with Crippen LogP contribution in [0.25, 0.3) is 0 Å². The Labute approximate surface area is 198 Å². The lowest BCUT2D eigenvalue weighted by Gasteiger charge is -2.34. The number of benzene rings is 2. The molecule has 8 heteroatoms. The highest BCUT2D eigenvalue weighted by Gasteiger charge is 2.28. The number of aromatic nitrogens is 2. The van der Waals surface area contributed by atoms with E-state index in [1.807, 2.05) is 54.4 Å². The van der Waals surface area contributed by atoms with Gasteiger partial charge < -0.3 is 10.6 Å². The van der Waals surface area contributed by atoms with Gasteiger partial charge in [0.05, 0.1) is 13.1 Å². The predicted octanol–water partition coefficient (Wildman–Crippen LogP) is 2.53. The zero-order valence-electron chi connectivity index (χ0n) is 19.7. The molecule has 4 rings (SSSR count). The Kier molecular flexibility index (Phi) is 6.98. The lowest BCUT2D eigenvalue weighted by atomic mass is 9.87. The number of nitrogens with zero attached hydrogens (tertiary/aromatic N) is 3. The number of amides is 1. The molecule has 1 unspecified atom stereocenters. The zero-order valence-corrected chi connectivity index (χ0v) is 19.7. The number of H-pyrrole nitrogens is 1. The van der Waals surface area contributed by atoms with Crippen molar-refractivity contribution >= 4 is 17.4 Å². The minimum atomic E-state index is -0.660. The number of hydrogen-bond acceptors (Lipinski definition) is 5. The third-order valence-electron chi connectivity index (χ3n) is 6.54. The number of fused-ring (bicyclic) bond motifs is 1. The second-order valence-corrected chi connectivity index (χ2v) is 8.72. The van der Waals surface area contributed by atoms with Crippen molar-refractivity contribution in [3.05, 3.63) is 92.1 Å². The summed E-state index contributed by atoms with van der Waals surface area (Å²) in [6.45, 7) is 2.37. The van der Waals surface area contributed by atoms with Gasteiger partial charge in [-0.15, -0.1) is 0 Å². The van der Waals surface area contributed by atoms with Gasteiger partial charge in [-0.1, -0.05) is 54.6 Å². The summed E-state index contributed by atoms with van der Waals surface area (Å²) < 4.78 is 1.29. The maximum absolute atomic E-state index is 13.4. The topological polar surface area (TPSA) is 104 Å². The highest BCUT2D eigenvalue weighted by Crippen LogP contribution is 2.33. The van der Waals surface area contributed by atoms with E-state index in [2.05, 4.69) is 17.1 Å². The zero-order chi connectivity index (χ0) is 24.2. The minimum Gasteiger partial charge on any atom is -0.383 e. The Morgan fingerprint density at radius 1 is 1.12 bits per heavy atom. The van der Waals surface area contributed by atoms with E-state index in [1.165, 1.54) is 20.6 Å². The Morgan fingerprint density at radius 3 is 2.56 bits per heavy atom. The second-order valence-electron chi connectivity index (χ2n) is 8.72. The quantitative estimate of drug-likeness (QED) is 0.563. The number of nitrogen functional groups attached to an aromatic ring is 1. The van der Waals surface area contributed by atoms with Gasteiger partial charge in [0, 0.05) is 12.6 Å². The molecule has 1 aliphatic carbocycles. The number of aromatic amines is 1. The van der Waals surface area contributed by atoms with Gasteiger partial charge in [-0.25, -0.2) is 4.79 Å².